The van der Waals surface area contributed by atoms with Crippen LogP contribution in [0.15, 0.2) is 229 Å². The molecule has 3 aromatic heterocycles. The van der Waals surface area contributed by atoms with Gasteiger partial charge in [-0.15, -0.1) is 11.3 Å². The molecule has 0 saturated heterocycles. The summed E-state index contributed by atoms with van der Waals surface area (Å²) >= 11 is 1.85. The van der Waals surface area contributed by atoms with Crippen LogP contribution in [0.25, 0.3) is 132 Å². The van der Waals surface area contributed by atoms with Gasteiger partial charge in [0.2, 0.25) is 0 Å². The Morgan fingerprint density at radius 2 is 0.773 bits per heavy atom. The molecule has 13 aromatic rings. The van der Waals surface area contributed by atoms with Crippen molar-refractivity contribution in [2.45, 2.75) is 0 Å². The maximum Gasteiger partial charge on any atom is 0.164 e. The smallest absolute Gasteiger partial charge is 0.164 e. The van der Waals surface area contributed by atoms with Gasteiger partial charge in [0.15, 0.2) is 17.5 Å². The van der Waals surface area contributed by atoms with Crippen LogP contribution in [0.4, 0.5) is 0 Å². The number of nitrogens with zero attached hydrogens (tertiary/aromatic N) is 3. The Kier molecular flexibility index (Phi) is 9.00. The quantitative estimate of drug-likeness (QED) is 0.160. The third-order valence-corrected chi connectivity index (χ3v) is 13.9. The monoisotopic (exact) mass is 859 g/mol. The van der Waals surface area contributed by atoms with Gasteiger partial charge in [0, 0.05) is 47.6 Å². The van der Waals surface area contributed by atoms with E-state index in [-0.39, 0.29) is 0 Å². The summed E-state index contributed by atoms with van der Waals surface area (Å²) < 4.78 is 9.18. The lowest BCUT2D eigenvalue weighted by Crippen LogP contribution is -2.00. The van der Waals surface area contributed by atoms with Crippen LogP contribution in [0.5, 0.6) is 0 Å². The zero-order chi connectivity index (χ0) is 43.6. The molecule has 0 atom stereocenters. The van der Waals surface area contributed by atoms with Gasteiger partial charge >= 0.3 is 0 Å². The van der Waals surface area contributed by atoms with Gasteiger partial charge in [-0.05, 0) is 91.7 Å². The molecule has 0 aliphatic heterocycles. The van der Waals surface area contributed by atoms with Crippen molar-refractivity contribution in [3.8, 4) is 78.7 Å². The normalized spacial score (nSPS) is 11.6. The lowest BCUT2D eigenvalue weighted by molar-refractivity contribution is 0.669. The second-order valence-corrected chi connectivity index (χ2v) is 17.8. The fourth-order valence-electron chi connectivity index (χ4n) is 9.60. The predicted molar refractivity (Wildman–Crippen MR) is 276 cm³/mol. The molecule has 0 aliphatic carbocycles. The van der Waals surface area contributed by atoms with Crippen LogP contribution in [-0.4, -0.2) is 15.0 Å². The number of hydrogen-bond donors (Lipinski definition) is 0. The van der Waals surface area contributed by atoms with Gasteiger partial charge in [-0.3, -0.25) is 0 Å². The summed E-state index contributed by atoms with van der Waals surface area (Å²) in [7, 11) is 0. The van der Waals surface area contributed by atoms with Gasteiger partial charge < -0.3 is 4.42 Å². The van der Waals surface area contributed by atoms with Crippen molar-refractivity contribution in [1.29, 1.82) is 0 Å². The highest BCUT2D eigenvalue weighted by atomic mass is 32.1. The van der Waals surface area contributed by atoms with Crippen molar-refractivity contribution >= 4 is 64.2 Å². The van der Waals surface area contributed by atoms with Crippen molar-refractivity contribution in [2.24, 2.45) is 0 Å². The fourth-order valence-corrected chi connectivity index (χ4v) is 10.7. The summed E-state index contributed by atoms with van der Waals surface area (Å²) in [6.45, 7) is 0. The lowest BCUT2D eigenvalue weighted by Gasteiger charge is -2.14. The van der Waals surface area contributed by atoms with Crippen LogP contribution in [0.3, 0.4) is 0 Å². The van der Waals surface area contributed by atoms with E-state index in [9.17, 15) is 0 Å². The first-order chi connectivity index (χ1) is 32.7. The zero-order valence-electron chi connectivity index (χ0n) is 35.5. The molecule has 13 rings (SSSR count). The third-order valence-electron chi connectivity index (χ3n) is 12.8. The molecule has 0 unspecified atom stereocenters. The average molecular weight is 860 g/mol. The molecule has 4 nitrogen and oxygen atoms in total. The molecule has 5 heteroatoms. The fraction of sp³-hybridized carbons (Fsp3) is 0. The van der Waals surface area contributed by atoms with E-state index in [2.05, 4.69) is 200 Å². The molecule has 308 valence electrons. The lowest BCUT2D eigenvalue weighted by atomic mass is 9.91. The maximum absolute atomic E-state index is 6.59. The Morgan fingerprint density at radius 1 is 0.273 bits per heavy atom. The van der Waals surface area contributed by atoms with Gasteiger partial charge in [-0.2, -0.15) is 0 Å². The largest absolute Gasteiger partial charge is 0.456 e. The second kappa shape index (κ2) is 15.6. The first-order valence-corrected chi connectivity index (χ1v) is 23.0. The zero-order valence-corrected chi connectivity index (χ0v) is 36.3. The number of furan rings is 1. The molecule has 0 bridgehead atoms. The molecule has 0 radical (unpaired) electrons. The van der Waals surface area contributed by atoms with Crippen LogP contribution >= 0.6 is 11.3 Å². The van der Waals surface area contributed by atoms with Crippen molar-refractivity contribution in [3.63, 3.8) is 0 Å². The standard InChI is InChI=1S/C61H37N3OS/c1-3-13-38(14-4-1)39-25-27-40(28-26-39)41-29-31-43(32-30-41)60-62-59(42-15-5-2-6-16-42)63-61(64-60)50-35-34-48(46-17-7-8-18-47(46)50)49-21-11-22-54-57(49)52-37-44(33-36-53(52)65-54)45-20-12-24-56-58(45)51-19-9-10-23-55(51)66-56/h1-37H. The van der Waals surface area contributed by atoms with E-state index in [0.717, 1.165) is 71.7 Å². The van der Waals surface area contributed by atoms with Crippen molar-refractivity contribution in [3.05, 3.63) is 224 Å². The molecule has 0 spiro atoms. The summed E-state index contributed by atoms with van der Waals surface area (Å²) in [4.78, 5) is 15.5. The molecule has 3 heterocycles. The number of hydrogen-bond acceptors (Lipinski definition) is 5. The third kappa shape index (κ3) is 6.48. The number of rotatable bonds is 7. The summed E-state index contributed by atoms with van der Waals surface area (Å²) in [5.41, 5.74) is 13.8. The number of benzene rings is 10. The SMILES string of the molecule is c1ccc(-c2ccc(-c3ccc(-c4nc(-c5ccccc5)nc(-c5ccc(-c6cccc7oc8ccc(-c9cccc%10sc%11ccccc%11c9%10)cc8c67)c6ccccc56)n4)cc3)cc2)cc1. The summed E-state index contributed by atoms with van der Waals surface area (Å²) in [6.07, 6.45) is 0. The second-order valence-electron chi connectivity index (χ2n) is 16.7. The van der Waals surface area contributed by atoms with Gasteiger partial charge in [0.05, 0.1) is 0 Å². The van der Waals surface area contributed by atoms with Gasteiger partial charge in [-0.1, -0.05) is 188 Å². The number of aromatic nitrogens is 3. The van der Waals surface area contributed by atoms with Crippen molar-refractivity contribution < 1.29 is 4.42 Å². The first kappa shape index (κ1) is 38.0. The highest BCUT2D eigenvalue weighted by molar-refractivity contribution is 7.25. The van der Waals surface area contributed by atoms with E-state index >= 15 is 0 Å². The highest BCUT2D eigenvalue weighted by Gasteiger charge is 2.20. The minimum Gasteiger partial charge on any atom is -0.456 e. The summed E-state index contributed by atoms with van der Waals surface area (Å²) in [5, 5.41) is 6.94. The van der Waals surface area contributed by atoms with Crippen LogP contribution < -0.4 is 0 Å². The molecule has 0 saturated carbocycles. The van der Waals surface area contributed by atoms with E-state index in [4.69, 9.17) is 19.4 Å². The predicted octanol–water partition coefficient (Wildman–Crippen LogP) is 17.0. The van der Waals surface area contributed by atoms with Gasteiger partial charge in [0.25, 0.3) is 0 Å². The molecule has 0 aliphatic rings. The van der Waals surface area contributed by atoms with Crippen LogP contribution in [0, 0.1) is 0 Å². The number of fused-ring (bicyclic) bond motifs is 7. The van der Waals surface area contributed by atoms with Gasteiger partial charge in [0.1, 0.15) is 11.2 Å². The Labute approximate surface area is 384 Å². The van der Waals surface area contributed by atoms with E-state index in [0.29, 0.717) is 17.5 Å². The molecular weight excluding hydrogens is 823 g/mol. The highest BCUT2D eigenvalue weighted by Crippen LogP contribution is 2.45. The van der Waals surface area contributed by atoms with Crippen molar-refractivity contribution in [2.75, 3.05) is 0 Å². The molecule has 66 heavy (non-hydrogen) atoms. The van der Waals surface area contributed by atoms with Crippen LogP contribution in [0.1, 0.15) is 0 Å². The van der Waals surface area contributed by atoms with E-state index in [1.807, 2.05) is 35.6 Å². The van der Waals surface area contributed by atoms with E-state index in [1.165, 1.54) is 42.4 Å². The topological polar surface area (TPSA) is 51.8 Å². The molecular formula is C61H37N3OS. The molecule has 0 N–H and O–H groups in total. The maximum atomic E-state index is 6.59. The summed E-state index contributed by atoms with van der Waals surface area (Å²) in [6, 6.07) is 79.2. The molecule has 0 amide bonds. The Hall–Kier alpha value is -8.51. The van der Waals surface area contributed by atoms with Gasteiger partial charge in [-0.25, -0.2) is 15.0 Å². The van der Waals surface area contributed by atoms with Crippen LogP contribution in [0.2, 0.25) is 0 Å². The van der Waals surface area contributed by atoms with Crippen molar-refractivity contribution in [1.82, 2.24) is 15.0 Å². The minimum absolute atomic E-state index is 0.619. The first-order valence-electron chi connectivity index (χ1n) is 22.2. The van der Waals surface area contributed by atoms with Crippen LogP contribution in [-0.2, 0) is 0 Å². The average Bonchev–Trinajstić information content (AvgIpc) is 3.97. The minimum atomic E-state index is 0.619. The molecule has 10 aromatic carbocycles. The van der Waals surface area contributed by atoms with E-state index in [1.54, 1.807) is 0 Å². The number of thiophene rings is 1. The Balaban J connectivity index is 0.921. The Bertz CT molecular complexity index is 3970. The molecule has 0 fully saturated rings. The summed E-state index contributed by atoms with van der Waals surface area (Å²) in [5.74, 6) is 1.87. The van der Waals surface area contributed by atoms with E-state index < -0.39 is 0 Å². The Morgan fingerprint density at radius 3 is 1.48 bits per heavy atom.